The molecule has 0 radical (unpaired) electrons. The largest absolute Gasteiger partial charge is 0.405 e. The molecule has 10 nitrogen and oxygen atoms in total. The zero-order chi connectivity index (χ0) is 22.5. The van der Waals surface area contributed by atoms with E-state index in [9.17, 15) is 22.8 Å². The molecule has 5 rings (SSSR count). The van der Waals surface area contributed by atoms with Crippen LogP contribution >= 0.6 is 0 Å². The molecule has 0 saturated carbocycles. The van der Waals surface area contributed by atoms with Gasteiger partial charge >= 0.3 is 12.2 Å². The van der Waals surface area contributed by atoms with E-state index in [2.05, 4.69) is 25.3 Å². The highest BCUT2D eigenvalue weighted by Crippen LogP contribution is 2.39. The lowest BCUT2D eigenvalue weighted by Crippen LogP contribution is -2.48. The first-order valence-electron chi connectivity index (χ1n) is 9.80. The Morgan fingerprint density at radius 3 is 2.88 bits per heavy atom. The van der Waals surface area contributed by atoms with E-state index in [1.165, 1.54) is 11.0 Å². The Bertz CT molecular complexity index is 1210. The molecule has 2 bridgehead atoms. The molecule has 2 aliphatic rings. The summed E-state index contributed by atoms with van der Waals surface area (Å²) in [4.78, 5) is 44.4. The first-order valence-corrected chi connectivity index (χ1v) is 9.80. The van der Waals surface area contributed by atoms with Crippen LogP contribution in [-0.2, 0) is 0 Å². The van der Waals surface area contributed by atoms with Crippen molar-refractivity contribution in [2.75, 3.05) is 34.8 Å². The highest BCUT2D eigenvalue weighted by molar-refractivity contribution is 6.04. The van der Waals surface area contributed by atoms with Crippen molar-refractivity contribution < 1.29 is 22.8 Å². The maximum atomic E-state index is 13.1. The van der Waals surface area contributed by atoms with Crippen LogP contribution in [0.1, 0.15) is 16.9 Å². The van der Waals surface area contributed by atoms with Crippen LogP contribution in [0.2, 0.25) is 0 Å². The molecule has 0 aromatic carbocycles. The average molecular weight is 446 g/mol. The Kier molecular flexibility index (Phi) is 4.60. The summed E-state index contributed by atoms with van der Waals surface area (Å²) < 4.78 is 37.4. The number of pyridine rings is 1. The zero-order valence-corrected chi connectivity index (χ0v) is 16.5. The number of rotatable bonds is 3. The molecule has 0 spiro atoms. The number of aromatic amines is 1. The zero-order valence-electron chi connectivity index (χ0n) is 16.5. The second kappa shape index (κ2) is 7.35. The summed E-state index contributed by atoms with van der Waals surface area (Å²) in [5.41, 5.74) is 1.76. The van der Waals surface area contributed by atoms with E-state index in [-0.39, 0.29) is 23.5 Å². The number of carbonyl (C=O) groups is 2. The highest BCUT2D eigenvalue weighted by atomic mass is 19.4. The highest BCUT2D eigenvalue weighted by Gasteiger charge is 2.41. The predicted molar refractivity (Wildman–Crippen MR) is 109 cm³/mol. The van der Waals surface area contributed by atoms with E-state index in [1.807, 2.05) is 4.90 Å². The van der Waals surface area contributed by atoms with Crippen molar-refractivity contribution in [2.24, 2.45) is 0 Å². The summed E-state index contributed by atoms with van der Waals surface area (Å²) in [7, 11) is 0. The van der Waals surface area contributed by atoms with E-state index in [0.717, 1.165) is 0 Å². The maximum absolute atomic E-state index is 13.1. The second-order valence-electron chi connectivity index (χ2n) is 7.50. The number of fused-ring (bicyclic) bond motifs is 5. The number of anilines is 3. The summed E-state index contributed by atoms with van der Waals surface area (Å²) in [5.74, 6) is -0.665. The van der Waals surface area contributed by atoms with Gasteiger partial charge in [-0.1, -0.05) is 0 Å². The van der Waals surface area contributed by atoms with Crippen LogP contribution < -0.4 is 20.4 Å². The Morgan fingerprint density at radius 2 is 2.06 bits per heavy atom. The molecule has 3 aromatic heterocycles. The first-order chi connectivity index (χ1) is 15.3. The second-order valence-corrected chi connectivity index (χ2v) is 7.50. The Morgan fingerprint density at radius 1 is 1.22 bits per heavy atom. The van der Waals surface area contributed by atoms with Gasteiger partial charge in [-0.3, -0.25) is 15.0 Å². The number of amides is 3. The van der Waals surface area contributed by atoms with Crippen LogP contribution in [0.5, 0.6) is 0 Å². The van der Waals surface area contributed by atoms with Gasteiger partial charge in [0.1, 0.15) is 12.2 Å². The van der Waals surface area contributed by atoms with E-state index < -0.39 is 24.7 Å². The fourth-order valence-corrected chi connectivity index (χ4v) is 3.93. The van der Waals surface area contributed by atoms with Crippen LogP contribution in [-0.4, -0.2) is 63.7 Å². The third-order valence-electron chi connectivity index (χ3n) is 5.37. The summed E-state index contributed by atoms with van der Waals surface area (Å²) >= 11 is 0. The molecule has 1 atom stereocenters. The molecular formula is C19H17F3N8O2. The number of aromatic nitrogens is 4. The van der Waals surface area contributed by atoms with Gasteiger partial charge in [-0.05, 0) is 24.6 Å². The SMILES string of the molecule is O=C(NCC(F)(F)F)c1ccc2c(n1)N(C(=O)Nc1ncc3[nH]ccc3n1)[C@H]1CCN2C1. The number of halogens is 3. The summed E-state index contributed by atoms with van der Waals surface area (Å²) in [6.45, 7) is -0.198. The van der Waals surface area contributed by atoms with Gasteiger partial charge in [0.2, 0.25) is 5.95 Å². The summed E-state index contributed by atoms with van der Waals surface area (Å²) in [6, 6.07) is 3.94. The van der Waals surface area contributed by atoms with Gasteiger partial charge in [0.05, 0.1) is 29.0 Å². The number of urea groups is 1. The summed E-state index contributed by atoms with van der Waals surface area (Å²) in [5, 5.41) is 4.45. The topological polar surface area (TPSA) is 119 Å². The molecule has 13 heteroatoms. The minimum Gasteiger partial charge on any atom is -0.366 e. The Hall–Kier alpha value is -3.90. The van der Waals surface area contributed by atoms with Crippen molar-refractivity contribution in [1.82, 2.24) is 25.3 Å². The molecular weight excluding hydrogens is 429 g/mol. The van der Waals surface area contributed by atoms with Crippen molar-refractivity contribution in [3.05, 3.63) is 36.3 Å². The van der Waals surface area contributed by atoms with Gasteiger partial charge in [0.25, 0.3) is 5.91 Å². The number of nitrogens with zero attached hydrogens (tertiary/aromatic N) is 5. The molecule has 3 aromatic rings. The molecule has 1 fully saturated rings. The van der Waals surface area contributed by atoms with E-state index in [0.29, 0.717) is 36.2 Å². The molecule has 0 unspecified atom stereocenters. The van der Waals surface area contributed by atoms with Gasteiger partial charge < -0.3 is 15.2 Å². The third-order valence-corrected chi connectivity index (χ3v) is 5.37. The number of alkyl halides is 3. The number of hydrogen-bond donors (Lipinski definition) is 3. The fraction of sp³-hybridized carbons (Fsp3) is 0.316. The van der Waals surface area contributed by atoms with E-state index in [4.69, 9.17) is 0 Å². The van der Waals surface area contributed by atoms with Gasteiger partial charge in [-0.25, -0.2) is 19.7 Å². The molecule has 3 amide bonds. The van der Waals surface area contributed by atoms with Crippen molar-refractivity contribution in [3.63, 3.8) is 0 Å². The van der Waals surface area contributed by atoms with Crippen molar-refractivity contribution in [2.45, 2.75) is 18.6 Å². The first kappa shape index (κ1) is 20.0. The molecule has 3 N–H and O–H groups in total. The molecule has 166 valence electrons. The monoisotopic (exact) mass is 446 g/mol. The minimum atomic E-state index is -4.54. The van der Waals surface area contributed by atoms with Gasteiger partial charge in [0, 0.05) is 19.3 Å². The third kappa shape index (κ3) is 3.65. The molecule has 32 heavy (non-hydrogen) atoms. The molecule has 2 aliphatic heterocycles. The number of carbonyl (C=O) groups excluding carboxylic acids is 2. The van der Waals surface area contributed by atoms with Crippen LogP contribution in [0.3, 0.4) is 0 Å². The lowest BCUT2D eigenvalue weighted by Gasteiger charge is -2.35. The number of hydrogen-bond acceptors (Lipinski definition) is 6. The van der Waals surface area contributed by atoms with Gasteiger partial charge in [-0.2, -0.15) is 13.2 Å². The number of nitrogens with one attached hydrogen (secondary N) is 3. The van der Waals surface area contributed by atoms with Gasteiger partial charge in [0.15, 0.2) is 5.82 Å². The smallest absolute Gasteiger partial charge is 0.366 e. The Labute approximate surface area is 178 Å². The molecule has 1 saturated heterocycles. The lowest BCUT2D eigenvalue weighted by molar-refractivity contribution is -0.123. The van der Waals surface area contributed by atoms with Crippen molar-refractivity contribution >= 4 is 40.4 Å². The summed E-state index contributed by atoms with van der Waals surface area (Å²) in [6.07, 6.45) is -0.618. The minimum absolute atomic E-state index is 0.100. The average Bonchev–Trinajstić information content (AvgIpc) is 3.38. The molecule has 0 aliphatic carbocycles. The van der Waals surface area contributed by atoms with Gasteiger partial charge in [-0.15, -0.1) is 0 Å². The van der Waals surface area contributed by atoms with Crippen LogP contribution in [0, 0.1) is 0 Å². The van der Waals surface area contributed by atoms with Crippen LogP contribution in [0.25, 0.3) is 11.0 Å². The standard InChI is InChI=1S/C19H17F3N8O2/c20-19(21,22)9-25-16(31)12-1-2-14-15(26-12)30(10-4-6-29(14)8-10)18(32)28-17-24-7-13-11(27-17)3-5-23-13/h1-3,5,7,10,23H,4,6,8-9H2,(H,25,31)(H,24,27,28,32)/t10-/m0/s1. The maximum Gasteiger partial charge on any atom is 0.405 e. The fourth-order valence-electron chi connectivity index (χ4n) is 3.93. The van der Waals surface area contributed by atoms with Crippen molar-refractivity contribution in [3.8, 4) is 0 Å². The van der Waals surface area contributed by atoms with E-state index >= 15 is 0 Å². The van der Waals surface area contributed by atoms with Crippen LogP contribution in [0.15, 0.2) is 30.6 Å². The normalized spacial score (nSPS) is 17.4. The lowest BCUT2D eigenvalue weighted by atomic mass is 10.1. The predicted octanol–water partition coefficient (Wildman–Crippen LogP) is 2.28. The van der Waals surface area contributed by atoms with Crippen LogP contribution in [0.4, 0.5) is 35.4 Å². The Balaban J connectivity index is 1.43. The molecule has 5 heterocycles. The van der Waals surface area contributed by atoms with Crippen molar-refractivity contribution in [1.29, 1.82) is 0 Å². The quantitative estimate of drug-likeness (QED) is 0.568. The number of H-pyrrole nitrogens is 1. The van der Waals surface area contributed by atoms with E-state index in [1.54, 1.807) is 29.8 Å².